The third-order valence-corrected chi connectivity index (χ3v) is 4.89. The van der Waals surface area contributed by atoms with Gasteiger partial charge in [-0.25, -0.2) is 9.97 Å². The maximum atomic E-state index is 12.2. The topological polar surface area (TPSA) is 88.9 Å². The zero-order valence-electron chi connectivity index (χ0n) is 15.1. The fourth-order valence-electron chi connectivity index (χ4n) is 3.54. The lowest BCUT2D eigenvalue weighted by atomic mass is 9.47. The minimum atomic E-state index is -1.74. The van der Waals surface area contributed by atoms with E-state index in [1.165, 1.54) is 0 Å². The molecule has 3 rings (SSSR count). The van der Waals surface area contributed by atoms with Gasteiger partial charge < -0.3 is 14.8 Å². The number of H-pyrrole nitrogens is 1. The quantitative estimate of drug-likeness (QED) is 0.701. The molecular formula is C16H16B4N6O. The fraction of sp³-hybridized carbons (Fsp3) is 0.500. The van der Waals surface area contributed by atoms with Crippen LogP contribution in [0.2, 0.25) is 0 Å². The summed E-state index contributed by atoms with van der Waals surface area (Å²) in [4.78, 5) is 26.9. The van der Waals surface area contributed by atoms with Gasteiger partial charge in [0.1, 0.15) is 17.9 Å². The summed E-state index contributed by atoms with van der Waals surface area (Å²) >= 11 is 0. The minimum Gasteiger partial charge on any atom is -0.371 e. The molecule has 0 spiro atoms. The summed E-state index contributed by atoms with van der Waals surface area (Å²) < 4.78 is 0. The van der Waals surface area contributed by atoms with E-state index in [9.17, 15) is 4.79 Å². The molecular weight excluding hydrogens is 335 g/mol. The molecule has 0 aromatic carbocycles. The van der Waals surface area contributed by atoms with Crippen molar-refractivity contribution >= 4 is 59.9 Å². The average molecular weight is 352 g/mol. The normalized spacial score (nSPS) is 20.4. The first kappa shape index (κ1) is 19.4. The first-order valence-electron chi connectivity index (χ1n) is 8.63. The van der Waals surface area contributed by atoms with Gasteiger partial charge in [0, 0.05) is 25.3 Å². The Labute approximate surface area is 163 Å². The first-order valence-corrected chi connectivity index (χ1v) is 8.63. The predicted octanol–water partition coefficient (Wildman–Crippen LogP) is -1.17. The molecule has 2 atom stereocenters. The molecule has 11 heteroatoms. The Hall–Kier alpha value is -2.36. The van der Waals surface area contributed by atoms with Crippen LogP contribution in [0.15, 0.2) is 12.3 Å². The summed E-state index contributed by atoms with van der Waals surface area (Å²) in [6.45, 7) is 2.92. The zero-order chi connectivity index (χ0) is 19.8. The number of likely N-dealkylation sites (tertiary alicyclic amines) is 1. The third-order valence-electron chi connectivity index (χ3n) is 4.89. The highest BCUT2D eigenvalue weighted by atomic mass is 16.2. The Kier molecular flexibility index (Phi) is 5.27. The van der Waals surface area contributed by atoms with Crippen LogP contribution >= 0.6 is 0 Å². The van der Waals surface area contributed by atoms with Crippen molar-refractivity contribution in [3.8, 4) is 6.07 Å². The number of nitriles is 1. The lowest BCUT2D eigenvalue weighted by Crippen LogP contribution is -2.63. The van der Waals surface area contributed by atoms with Crippen LogP contribution in [0, 0.1) is 17.2 Å². The molecule has 1 aliphatic rings. The number of amides is 1. The van der Waals surface area contributed by atoms with Crippen LogP contribution in [-0.4, -0.2) is 81.5 Å². The van der Waals surface area contributed by atoms with Crippen molar-refractivity contribution < 1.29 is 4.79 Å². The predicted molar refractivity (Wildman–Crippen MR) is 106 cm³/mol. The van der Waals surface area contributed by atoms with Crippen LogP contribution in [0.4, 0.5) is 5.82 Å². The summed E-state index contributed by atoms with van der Waals surface area (Å²) in [5.74, 6) is 0.286. The van der Waals surface area contributed by atoms with Gasteiger partial charge in [-0.1, -0.05) is 12.2 Å². The van der Waals surface area contributed by atoms with Crippen molar-refractivity contribution in [2.24, 2.45) is 5.92 Å². The van der Waals surface area contributed by atoms with Gasteiger partial charge in [0.15, 0.2) is 7.85 Å². The molecule has 1 saturated heterocycles. The van der Waals surface area contributed by atoms with Crippen molar-refractivity contribution in [2.45, 2.75) is 31.0 Å². The highest BCUT2D eigenvalue weighted by Crippen LogP contribution is 2.32. The number of fused-ring (bicyclic) bond motifs is 1. The van der Waals surface area contributed by atoms with E-state index in [1.54, 1.807) is 22.1 Å². The summed E-state index contributed by atoms with van der Waals surface area (Å²) in [5.41, 5.74) is 0.586. The van der Waals surface area contributed by atoms with Crippen LogP contribution in [0.1, 0.15) is 19.8 Å². The Morgan fingerprint density at radius 2 is 2.22 bits per heavy atom. The molecule has 8 radical (unpaired) electrons. The number of hydrogen-bond donors (Lipinski definition) is 1. The molecule has 0 bridgehead atoms. The van der Waals surface area contributed by atoms with Crippen LogP contribution in [-0.2, 0) is 4.79 Å². The average Bonchev–Trinajstić information content (AvgIpc) is 3.04. The molecule has 0 unspecified atom stereocenters. The highest BCUT2D eigenvalue weighted by molar-refractivity contribution is 6.61. The van der Waals surface area contributed by atoms with Gasteiger partial charge in [-0.2, -0.15) is 5.26 Å². The maximum absolute atomic E-state index is 12.2. The number of hydrogen-bond acceptors (Lipinski definition) is 5. The number of piperidine rings is 1. The monoisotopic (exact) mass is 352 g/mol. The Bertz CT molecular complexity index is 889. The number of nitrogens with one attached hydrogen (secondary N) is 1. The Morgan fingerprint density at radius 3 is 2.89 bits per heavy atom. The second kappa shape index (κ2) is 7.34. The lowest BCUT2D eigenvalue weighted by Gasteiger charge is -2.50. The number of nitrogens with zero attached hydrogens (tertiary/aromatic N) is 5. The molecule has 1 aliphatic heterocycles. The molecule has 1 fully saturated rings. The number of anilines is 1. The SMILES string of the molecule is [B]c1nc(N([C@H]2CN(C(=O)CC#N)CC[C@H]2C)C([B])([B])[B])c2cc[nH]c2n1. The summed E-state index contributed by atoms with van der Waals surface area (Å²) in [6.07, 6.45) is 2.24. The third kappa shape index (κ3) is 3.85. The largest absolute Gasteiger partial charge is 0.371 e. The smallest absolute Gasteiger partial charge is 0.236 e. The van der Waals surface area contributed by atoms with Gasteiger partial charge in [-0.15, -0.1) is 0 Å². The molecule has 0 aliphatic carbocycles. The van der Waals surface area contributed by atoms with Crippen molar-refractivity contribution in [3.63, 3.8) is 0 Å². The van der Waals surface area contributed by atoms with Gasteiger partial charge in [0.05, 0.1) is 40.7 Å². The van der Waals surface area contributed by atoms with Crippen molar-refractivity contribution in [3.05, 3.63) is 12.3 Å². The van der Waals surface area contributed by atoms with Gasteiger partial charge in [0.25, 0.3) is 0 Å². The number of rotatable bonds is 4. The van der Waals surface area contributed by atoms with E-state index in [0.717, 1.165) is 0 Å². The highest BCUT2D eigenvalue weighted by Gasteiger charge is 2.38. The van der Waals surface area contributed by atoms with Crippen LogP contribution < -0.4 is 10.6 Å². The van der Waals surface area contributed by atoms with Crippen molar-refractivity contribution in [2.75, 3.05) is 18.0 Å². The fourth-order valence-corrected chi connectivity index (χ4v) is 3.54. The molecule has 2 aromatic rings. The first-order chi connectivity index (χ1) is 12.7. The van der Waals surface area contributed by atoms with E-state index in [4.69, 9.17) is 36.6 Å². The number of aromatic amines is 1. The number of aromatic nitrogens is 3. The van der Waals surface area contributed by atoms with E-state index in [1.807, 2.05) is 13.0 Å². The van der Waals surface area contributed by atoms with Gasteiger partial charge >= 0.3 is 0 Å². The number of carbonyl (C=O) groups is 1. The standard InChI is InChI=1S/C16H16B4N6O/c1-9-4-7-25(12(27)2-5-21)8-11(9)26(16(18,19)20)14-10-3-6-22-13(10)23-15(17)24-14/h3,6,9,11H,2,4,7-8H2,1H3,(H,22,23,24)/t9-,11+/m1/s1. The van der Waals surface area contributed by atoms with Crippen molar-refractivity contribution in [1.82, 2.24) is 19.9 Å². The maximum Gasteiger partial charge on any atom is 0.236 e. The summed E-state index contributed by atoms with van der Waals surface area (Å²) in [7, 11) is 24.2. The molecule has 128 valence electrons. The van der Waals surface area contributed by atoms with Gasteiger partial charge in [0.2, 0.25) is 5.91 Å². The number of carbonyl (C=O) groups excluding carboxylic acids is 1. The van der Waals surface area contributed by atoms with E-state index >= 15 is 0 Å². The summed E-state index contributed by atoms with van der Waals surface area (Å²) in [5, 5.41) is 7.75. The second-order valence-corrected chi connectivity index (χ2v) is 6.91. The van der Waals surface area contributed by atoms with Crippen LogP contribution in [0.3, 0.4) is 0 Å². The van der Waals surface area contributed by atoms with Gasteiger partial charge in [-0.3, -0.25) is 4.79 Å². The van der Waals surface area contributed by atoms with E-state index < -0.39 is 5.24 Å². The molecule has 27 heavy (non-hydrogen) atoms. The van der Waals surface area contributed by atoms with Crippen molar-refractivity contribution in [1.29, 1.82) is 5.26 Å². The molecule has 0 saturated carbocycles. The Balaban J connectivity index is 2.05. The zero-order valence-corrected chi connectivity index (χ0v) is 15.1. The van der Waals surface area contributed by atoms with E-state index in [-0.39, 0.29) is 30.0 Å². The lowest BCUT2D eigenvalue weighted by molar-refractivity contribution is -0.131. The molecule has 2 aromatic heterocycles. The second-order valence-electron chi connectivity index (χ2n) is 6.91. The molecule has 1 amide bonds. The Morgan fingerprint density at radius 1 is 1.48 bits per heavy atom. The van der Waals surface area contributed by atoms with E-state index in [0.29, 0.717) is 36.4 Å². The van der Waals surface area contributed by atoms with Crippen LogP contribution in [0.25, 0.3) is 11.0 Å². The molecule has 7 nitrogen and oxygen atoms in total. The van der Waals surface area contributed by atoms with E-state index in [2.05, 4.69) is 15.0 Å². The molecule has 1 N–H and O–H groups in total. The molecule has 3 heterocycles. The van der Waals surface area contributed by atoms with Gasteiger partial charge in [-0.05, 0) is 18.4 Å². The minimum absolute atomic E-state index is 0.0510. The van der Waals surface area contributed by atoms with Crippen LogP contribution in [0.5, 0.6) is 0 Å². The summed E-state index contributed by atoms with van der Waals surface area (Å²) in [6, 6.07) is 3.37.